The summed E-state index contributed by atoms with van der Waals surface area (Å²) in [5.74, 6) is -0.527. The van der Waals surface area contributed by atoms with E-state index >= 15 is 0 Å². The number of rotatable bonds is 7. The van der Waals surface area contributed by atoms with Crippen molar-refractivity contribution in [3.05, 3.63) is 52.6 Å². The zero-order valence-corrected chi connectivity index (χ0v) is 17.1. The lowest BCUT2D eigenvalue weighted by Crippen LogP contribution is -2.43. The Bertz CT molecular complexity index is 958. The van der Waals surface area contributed by atoms with E-state index in [0.29, 0.717) is 17.5 Å². The van der Waals surface area contributed by atoms with Crippen LogP contribution in [-0.4, -0.2) is 42.5 Å². The number of hydrogen-bond donors (Lipinski definition) is 1. The highest BCUT2D eigenvalue weighted by molar-refractivity contribution is 6.05. The van der Waals surface area contributed by atoms with Gasteiger partial charge in [0.05, 0.1) is 10.6 Å². The minimum absolute atomic E-state index is 0.182. The standard InChI is InChI=1S/C21H24N4O5/c1-4-23(14(2)3)16-7-5-15(6-8-16)22-20(26)12-24-18-11-17(25(28)29)9-10-19(18)30-13-21(24)27/h5-11,14H,4,12-13H2,1-3H3,(H,22,26). The fraction of sp³-hybridized carbons (Fsp3) is 0.333. The maximum Gasteiger partial charge on any atom is 0.271 e. The summed E-state index contributed by atoms with van der Waals surface area (Å²) in [4.78, 5) is 38.8. The molecule has 9 nitrogen and oxygen atoms in total. The average molecular weight is 412 g/mol. The number of nitrogens with one attached hydrogen (secondary N) is 1. The second-order valence-corrected chi connectivity index (χ2v) is 7.15. The predicted octanol–water partition coefficient (Wildman–Crippen LogP) is 3.19. The molecular formula is C21H24N4O5. The highest BCUT2D eigenvalue weighted by Gasteiger charge is 2.29. The fourth-order valence-corrected chi connectivity index (χ4v) is 3.40. The molecule has 0 fully saturated rings. The summed E-state index contributed by atoms with van der Waals surface area (Å²) in [7, 11) is 0. The van der Waals surface area contributed by atoms with Gasteiger partial charge in [-0.05, 0) is 51.1 Å². The second kappa shape index (κ2) is 8.81. The van der Waals surface area contributed by atoms with Gasteiger partial charge in [-0.1, -0.05) is 0 Å². The molecule has 0 saturated heterocycles. The van der Waals surface area contributed by atoms with E-state index in [1.54, 1.807) is 12.1 Å². The molecule has 30 heavy (non-hydrogen) atoms. The number of anilines is 3. The molecule has 3 rings (SSSR count). The van der Waals surface area contributed by atoms with Crippen LogP contribution in [0.25, 0.3) is 0 Å². The van der Waals surface area contributed by atoms with Crippen LogP contribution in [0.5, 0.6) is 5.75 Å². The topological polar surface area (TPSA) is 105 Å². The SMILES string of the molecule is CCN(c1ccc(NC(=O)CN2C(=O)COc3ccc([N+](=O)[O-])cc32)cc1)C(C)C. The van der Waals surface area contributed by atoms with Gasteiger partial charge in [-0.2, -0.15) is 0 Å². The number of benzene rings is 2. The van der Waals surface area contributed by atoms with Gasteiger partial charge in [0.1, 0.15) is 12.3 Å². The summed E-state index contributed by atoms with van der Waals surface area (Å²) >= 11 is 0. The Labute approximate surface area is 174 Å². The van der Waals surface area contributed by atoms with E-state index in [0.717, 1.165) is 12.2 Å². The molecular weight excluding hydrogens is 388 g/mol. The van der Waals surface area contributed by atoms with Gasteiger partial charge in [0, 0.05) is 36.1 Å². The Morgan fingerprint density at radius 3 is 2.57 bits per heavy atom. The van der Waals surface area contributed by atoms with E-state index in [1.165, 1.54) is 23.1 Å². The first kappa shape index (κ1) is 21.1. The normalized spacial score (nSPS) is 12.9. The Balaban J connectivity index is 1.73. The maximum atomic E-state index is 12.5. The van der Waals surface area contributed by atoms with Gasteiger partial charge < -0.3 is 15.0 Å². The number of non-ortho nitro benzene ring substituents is 1. The Hall–Kier alpha value is -3.62. The molecule has 0 saturated carbocycles. The fourth-order valence-electron chi connectivity index (χ4n) is 3.40. The van der Waals surface area contributed by atoms with Crippen LogP contribution < -0.4 is 19.9 Å². The zero-order valence-electron chi connectivity index (χ0n) is 17.1. The number of nitrogens with zero attached hydrogens (tertiary/aromatic N) is 3. The maximum absolute atomic E-state index is 12.5. The van der Waals surface area contributed by atoms with E-state index in [1.807, 2.05) is 12.1 Å². The van der Waals surface area contributed by atoms with Crippen LogP contribution in [0.4, 0.5) is 22.7 Å². The molecule has 158 valence electrons. The lowest BCUT2D eigenvalue weighted by molar-refractivity contribution is -0.384. The highest BCUT2D eigenvalue weighted by atomic mass is 16.6. The molecule has 0 unspecified atom stereocenters. The molecule has 1 heterocycles. The van der Waals surface area contributed by atoms with E-state index in [4.69, 9.17) is 4.74 Å². The molecule has 2 aromatic rings. The van der Waals surface area contributed by atoms with Crippen molar-refractivity contribution in [3.8, 4) is 5.75 Å². The van der Waals surface area contributed by atoms with Gasteiger partial charge in [-0.15, -0.1) is 0 Å². The lowest BCUT2D eigenvalue weighted by atomic mass is 10.2. The summed E-state index contributed by atoms with van der Waals surface area (Å²) in [6.07, 6.45) is 0. The zero-order chi connectivity index (χ0) is 21.8. The van der Waals surface area contributed by atoms with Crippen molar-refractivity contribution in [2.45, 2.75) is 26.8 Å². The smallest absolute Gasteiger partial charge is 0.271 e. The lowest BCUT2D eigenvalue weighted by Gasteiger charge is -2.29. The number of nitro groups is 1. The molecule has 1 aliphatic heterocycles. The highest BCUT2D eigenvalue weighted by Crippen LogP contribution is 2.35. The van der Waals surface area contributed by atoms with E-state index in [-0.39, 0.29) is 24.5 Å². The number of hydrogen-bond acceptors (Lipinski definition) is 6. The summed E-state index contributed by atoms with van der Waals surface area (Å²) in [6, 6.07) is 11.8. The van der Waals surface area contributed by atoms with Gasteiger partial charge in [0.15, 0.2) is 6.61 Å². The van der Waals surface area contributed by atoms with Crippen molar-refractivity contribution in [2.75, 3.05) is 34.8 Å². The summed E-state index contributed by atoms with van der Waals surface area (Å²) in [6.45, 7) is 6.67. The quantitative estimate of drug-likeness (QED) is 0.553. The van der Waals surface area contributed by atoms with Crippen LogP contribution in [0.2, 0.25) is 0 Å². The van der Waals surface area contributed by atoms with Gasteiger partial charge in [0.2, 0.25) is 5.91 Å². The number of carbonyl (C=O) groups is 2. The number of fused-ring (bicyclic) bond motifs is 1. The van der Waals surface area contributed by atoms with E-state index in [2.05, 4.69) is 31.0 Å². The molecule has 1 aliphatic rings. The van der Waals surface area contributed by atoms with E-state index in [9.17, 15) is 19.7 Å². The van der Waals surface area contributed by atoms with Gasteiger partial charge in [0.25, 0.3) is 11.6 Å². The van der Waals surface area contributed by atoms with Gasteiger partial charge >= 0.3 is 0 Å². The van der Waals surface area contributed by atoms with Gasteiger partial charge in [-0.25, -0.2) is 0 Å². The Morgan fingerprint density at radius 2 is 1.97 bits per heavy atom. The number of carbonyl (C=O) groups excluding carboxylic acids is 2. The van der Waals surface area contributed by atoms with Crippen LogP contribution >= 0.6 is 0 Å². The number of amides is 2. The van der Waals surface area contributed by atoms with Crippen molar-refractivity contribution < 1.29 is 19.2 Å². The molecule has 0 aliphatic carbocycles. The summed E-state index contributed by atoms with van der Waals surface area (Å²) in [5.41, 5.74) is 1.68. The number of nitro benzene ring substituents is 1. The minimum atomic E-state index is -0.560. The Morgan fingerprint density at radius 1 is 1.27 bits per heavy atom. The average Bonchev–Trinajstić information content (AvgIpc) is 2.71. The number of ether oxygens (including phenoxy) is 1. The van der Waals surface area contributed by atoms with Crippen LogP contribution in [0, 0.1) is 10.1 Å². The molecule has 9 heteroatoms. The van der Waals surface area contributed by atoms with Crippen LogP contribution in [-0.2, 0) is 9.59 Å². The van der Waals surface area contributed by atoms with Crippen molar-refractivity contribution in [2.24, 2.45) is 0 Å². The summed E-state index contributed by atoms with van der Waals surface area (Å²) < 4.78 is 5.32. The third kappa shape index (κ3) is 4.51. The molecule has 1 N–H and O–H groups in total. The van der Waals surface area contributed by atoms with Crippen molar-refractivity contribution >= 4 is 34.6 Å². The van der Waals surface area contributed by atoms with Crippen LogP contribution in [0.15, 0.2) is 42.5 Å². The third-order valence-corrected chi connectivity index (χ3v) is 4.84. The van der Waals surface area contributed by atoms with Crippen LogP contribution in [0.1, 0.15) is 20.8 Å². The molecule has 0 bridgehead atoms. The monoisotopic (exact) mass is 412 g/mol. The van der Waals surface area contributed by atoms with Crippen molar-refractivity contribution in [1.82, 2.24) is 0 Å². The molecule has 0 atom stereocenters. The predicted molar refractivity (Wildman–Crippen MR) is 114 cm³/mol. The van der Waals surface area contributed by atoms with E-state index < -0.39 is 16.7 Å². The first-order valence-electron chi connectivity index (χ1n) is 9.68. The van der Waals surface area contributed by atoms with Crippen LogP contribution in [0.3, 0.4) is 0 Å². The molecule has 2 amide bonds. The second-order valence-electron chi connectivity index (χ2n) is 7.15. The van der Waals surface area contributed by atoms with Crippen molar-refractivity contribution in [3.63, 3.8) is 0 Å². The van der Waals surface area contributed by atoms with Gasteiger partial charge in [-0.3, -0.25) is 24.6 Å². The first-order chi connectivity index (χ1) is 14.3. The first-order valence-corrected chi connectivity index (χ1v) is 9.68. The Kier molecular flexibility index (Phi) is 6.20. The molecule has 0 aromatic heterocycles. The summed E-state index contributed by atoms with van der Waals surface area (Å²) in [5, 5.41) is 13.8. The largest absolute Gasteiger partial charge is 0.482 e. The third-order valence-electron chi connectivity index (χ3n) is 4.84. The molecule has 0 radical (unpaired) electrons. The minimum Gasteiger partial charge on any atom is -0.482 e. The van der Waals surface area contributed by atoms with Crippen molar-refractivity contribution in [1.29, 1.82) is 0 Å². The molecule has 0 spiro atoms. The molecule has 2 aromatic carbocycles.